The summed E-state index contributed by atoms with van der Waals surface area (Å²) in [6.45, 7) is 3.96. The Hall–Kier alpha value is -2.15. The second-order valence-corrected chi connectivity index (χ2v) is 8.18. The molecule has 3 aliphatic rings. The molecule has 1 aromatic carbocycles. The minimum atomic E-state index is -1.44. The Kier molecular flexibility index (Phi) is 3.01. The summed E-state index contributed by atoms with van der Waals surface area (Å²) >= 11 is 3.37. The zero-order chi connectivity index (χ0) is 17.3. The number of carbonyl (C=O) groups excluding carboxylic acids is 3. The quantitative estimate of drug-likeness (QED) is 0.636. The second-order valence-electron chi connectivity index (χ2n) is 7.27. The predicted molar refractivity (Wildman–Crippen MR) is 91.2 cm³/mol. The number of allylic oxidation sites excluding steroid dienone is 1. The van der Waals surface area contributed by atoms with Crippen molar-refractivity contribution in [1.82, 2.24) is 10.6 Å². The fourth-order valence-electron chi connectivity index (χ4n) is 3.92. The molecule has 24 heavy (non-hydrogen) atoms. The van der Waals surface area contributed by atoms with E-state index in [1.807, 2.05) is 13.8 Å². The molecule has 0 bridgehead atoms. The molecule has 3 N–H and O–H groups in total. The number of carbonyl (C=O) groups is 3. The van der Waals surface area contributed by atoms with Gasteiger partial charge in [0.2, 0.25) is 0 Å². The number of fused-ring (bicyclic) bond motifs is 3. The number of ketones is 1. The van der Waals surface area contributed by atoms with Gasteiger partial charge in [0, 0.05) is 27.8 Å². The molecular formula is C17H16BrN3O3. The first-order valence-electron chi connectivity index (χ1n) is 7.70. The van der Waals surface area contributed by atoms with Crippen LogP contribution in [0.3, 0.4) is 0 Å². The number of hydrogen-bond donors (Lipinski definition) is 3. The van der Waals surface area contributed by atoms with E-state index < -0.39 is 17.5 Å². The summed E-state index contributed by atoms with van der Waals surface area (Å²) in [5.41, 5.74) is 0.416. The van der Waals surface area contributed by atoms with Crippen LogP contribution in [0.2, 0.25) is 0 Å². The molecule has 124 valence electrons. The molecule has 6 nitrogen and oxygen atoms in total. The van der Waals surface area contributed by atoms with Gasteiger partial charge >= 0.3 is 6.03 Å². The molecule has 0 saturated heterocycles. The van der Waals surface area contributed by atoms with E-state index in [1.165, 1.54) is 0 Å². The molecule has 1 aromatic rings. The van der Waals surface area contributed by atoms with Gasteiger partial charge in [-0.2, -0.15) is 0 Å². The van der Waals surface area contributed by atoms with Gasteiger partial charge in [0.25, 0.3) is 5.91 Å². The standard InChI is InChI=1S/C17H16BrN3O3/c1-16(2)6-11-13(12(22)7-16)17(21-15(24)20-11)9-4-3-8(18)5-10(9)19-14(17)23/h3-5H,6-7H2,1-2H3,(H,19,23)(H2,20,21,24). The summed E-state index contributed by atoms with van der Waals surface area (Å²) in [5.74, 6) is -0.509. The first-order chi connectivity index (χ1) is 11.2. The van der Waals surface area contributed by atoms with Gasteiger partial charge in [-0.05, 0) is 24.0 Å². The third-order valence-electron chi connectivity index (χ3n) is 4.79. The number of benzene rings is 1. The number of nitrogens with one attached hydrogen (secondary N) is 3. The molecule has 3 amide bonds. The Morgan fingerprint density at radius 1 is 1.08 bits per heavy atom. The Bertz CT molecular complexity index is 859. The highest BCUT2D eigenvalue weighted by molar-refractivity contribution is 9.10. The zero-order valence-corrected chi connectivity index (χ0v) is 14.8. The van der Waals surface area contributed by atoms with Gasteiger partial charge in [-0.15, -0.1) is 0 Å². The van der Waals surface area contributed by atoms with Gasteiger partial charge in [0.15, 0.2) is 11.3 Å². The van der Waals surface area contributed by atoms with E-state index in [9.17, 15) is 14.4 Å². The third-order valence-corrected chi connectivity index (χ3v) is 5.28. The first kappa shape index (κ1) is 15.4. The van der Waals surface area contributed by atoms with Crippen LogP contribution in [0.5, 0.6) is 0 Å². The lowest BCUT2D eigenvalue weighted by molar-refractivity contribution is -0.125. The number of amides is 3. The van der Waals surface area contributed by atoms with Crippen molar-refractivity contribution in [2.45, 2.75) is 32.2 Å². The molecule has 0 radical (unpaired) electrons. The zero-order valence-electron chi connectivity index (χ0n) is 13.2. The van der Waals surface area contributed by atoms with Crippen LogP contribution in [0.15, 0.2) is 33.9 Å². The fraction of sp³-hybridized carbons (Fsp3) is 0.353. The summed E-state index contributed by atoms with van der Waals surface area (Å²) < 4.78 is 0.809. The predicted octanol–water partition coefficient (Wildman–Crippen LogP) is 2.55. The van der Waals surface area contributed by atoms with Crippen LogP contribution in [0.1, 0.15) is 32.3 Å². The number of urea groups is 1. The van der Waals surface area contributed by atoms with Crippen molar-refractivity contribution in [3.8, 4) is 0 Å². The van der Waals surface area contributed by atoms with Crippen molar-refractivity contribution in [1.29, 1.82) is 0 Å². The summed E-state index contributed by atoms with van der Waals surface area (Å²) in [6.07, 6.45) is 0.882. The van der Waals surface area contributed by atoms with Gasteiger partial charge in [0.1, 0.15) is 0 Å². The number of rotatable bonds is 0. The Labute approximate surface area is 147 Å². The lowest BCUT2D eigenvalue weighted by Gasteiger charge is -2.42. The summed E-state index contributed by atoms with van der Waals surface area (Å²) in [4.78, 5) is 38.0. The number of halogens is 1. The molecule has 2 aliphatic heterocycles. The van der Waals surface area contributed by atoms with E-state index in [-0.39, 0.29) is 11.2 Å². The number of anilines is 1. The maximum absolute atomic E-state index is 12.9. The maximum atomic E-state index is 12.9. The molecule has 1 aliphatic carbocycles. The van der Waals surface area contributed by atoms with Gasteiger partial charge in [0.05, 0.1) is 5.57 Å². The smallest absolute Gasteiger partial charge is 0.320 e. The first-order valence-corrected chi connectivity index (χ1v) is 8.50. The molecule has 2 heterocycles. The molecule has 1 spiro atoms. The van der Waals surface area contributed by atoms with Gasteiger partial charge in [-0.25, -0.2) is 4.79 Å². The highest BCUT2D eigenvalue weighted by Crippen LogP contribution is 2.49. The highest BCUT2D eigenvalue weighted by Gasteiger charge is 2.57. The monoisotopic (exact) mass is 389 g/mol. The summed E-state index contributed by atoms with van der Waals surface area (Å²) in [5, 5.41) is 8.25. The van der Waals surface area contributed by atoms with Gasteiger partial charge < -0.3 is 16.0 Å². The minimum absolute atomic E-state index is 0.111. The molecule has 7 heteroatoms. The molecule has 0 saturated carbocycles. The average molecular weight is 390 g/mol. The van der Waals surface area contributed by atoms with Crippen molar-refractivity contribution in [2.75, 3.05) is 5.32 Å². The Morgan fingerprint density at radius 2 is 1.83 bits per heavy atom. The lowest BCUT2D eigenvalue weighted by Crippen LogP contribution is -2.62. The van der Waals surface area contributed by atoms with Crippen molar-refractivity contribution in [3.63, 3.8) is 0 Å². The highest BCUT2D eigenvalue weighted by atomic mass is 79.9. The van der Waals surface area contributed by atoms with Crippen LogP contribution in [0.4, 0.5) is 10.5 Å². The summed E-state index contributed by atoms with van der Waals surface area (Å²) in [7, 11) is 0. The largest absolute Gasteiger partial charge is 0.323 e. The van der Waals surface area contributed by atoms with Crippen LogP contribution in [0.25, 0.3) is 0 Å². The molecular weight excluding hydrogens is 374 g/mol. The Morgan fingerprint density at radius 3 is 2.58 bits per heavy atom. The Balaban J connectivity index is 1.99. The van der Waals surface area contributed by atoms with Gasteiger partial charge in [-0.1, -0.05) is 35.8 Å². The molecule has 1 unspecified atom stereocenters. The van der Waals surface area contributed by atoms with E-state index in [2.05, 4.69) is 31.9 Å². The van der Waals surface area contributed by atoms with E-state index >= 15 is 0 Å². The van der Waals surface area contributed by atoms with Crippen LogP contribution >= 0.6 is 15.9 Å². The normalized spacial score (nSPS) is 27.4. The second kappa shape index (κ2) is 4.69. The van der Waals surface area contributed by atoms with E-state index in [0.29, 0.717) is 35.4 Å². The van der Waals surface area contributed by atoms with Crippen LogP contribution < -0.4 is 16.0 Å². The molecule has 1 atom stereocenters. The number of Topliss-reactive ketones (excluding diaryl/α,β-unsaturated/α-hetero) is 1. The molecule has 4 rings (SSSR count). The SMILES string of the molecule is CC1(C)CC(=O)C2=C(C1)NC(=O)NC21C(=O)Nc2cc(Br)ccc21. The van der Waals surface area contributed by atoms with E-state index in [4.69, 9.17) is 0 Å². The molecule has 0 fully saturated rings. The van der Waals surface area contributed by atoms with Crippen molar-refractivity contribution >= 4 is 39.3 Å². The average Bonchev–Trinajstić information content (AvgIpc) is 2.68. The topological polar surface area (TPSA) is 87.3 Å². The fourth-order valence-corrected chi connectivity index (χ4v) is 4.28. The lowest BCUT2D eigenvalue weighted by atomic mass is 9.68. The van der Waals surface area contributed by atoms with Crippen molar-refractivity contribution < 1.29 is 14.4 Å². The van der Waals surface area contributed by atoms with Crippen molar-refractivity contribution in [2.24, 2.45) is 5.41 Å². The maximum Gasteiger partial charge on any atom is 0.320 e. The number of hydrogen-bond acceptors (Lipinski definition) is 3. The van der Waals surface area contributed by atoms with Gasteiger partial charge in [-0.3, -0.25) is 9.59 Å². The van der Waals surface area contributed by atoms with Crippen LogP contribution in [-0.4, -0.2) is 17.7 Å². The van der Waals surface area contributed by atoms with E-state index in [0.717, 1.165) is 4.47 Å². The van der Waals surface area contributed by atoms with Crippen molar-refractivity contribution in [3.05, 3.63) is 39.5 Å². The molecule has 0 aromatic heterocycles. The van der Waals surface area contributed by atoms with E-state index in [1.54, 1.807) is 18.2 Å². The summed E-state index contributed by atoms with van der Waals surface area (Å²) in [6, 6.07) is 4.87. The van der Waals surface area contributed by atoms with Crippen LogP contribution in [-0.2, 0) is 15.1 Å². The minimum Gasteiger partial charge on any atom is -0.323 e. The third kappa shape index (κ3) is 1.97. The van der Waals surface area contributed by atoms with Crippen LogP contribution in [0, 0.1) is 5.41 Å².